The van der Waals surface area contributed by atoms with E-state index in [1.165, 1.54) is 28.1 Å². The van der Waals surface area contributed by atoms with Crippen molar-refractivity contribution in [2.75, 3.05) is 36.8 Å². The number of rotatable bonds is 6. The van der Waals surface area contributed by atoms with Crippen LogP contribution in [0.5, 0.6) is 0 Å². The summed E-state index contributed by atoms with van der Waals surface area (Å²) < 4.78 is 72.7. The number of pyridine rings is 2. The lowest BCUT2D eigenvalue weighted by Gasteiger charge is -2.24. The summed E-state index contributed by atoms with van der Waals surface area (Å²) in [5.74, 6) is 0.299. The SMILES string of the molecule is C=CC(=O)N1C[C@H](F)[C@H](Nc2nnc(-c3ccc(C(F)(F)F)cc3)c3ncccc23)C1.CC(C)(C)OC(=O)N1C[C@H](F)[C@H](Nc2nnc(Cl)c3ncccc23)C1. The average Bonchev–Trinajstić information content (AvgIpc) is 3.73. The number of alkyl halides is 5. The van der Waals surface area contributed by atoms with Crippen LogP contribution in [0.25, 0.3) is 33.1 Å². The van der Waals surface area contributed by atoms with E-state index < -0.39 is 47.9 Å². The topological polar surface area (TPSA) is 151 Å². The second-order valence-electron chi connectivity index (χ2n) is 14.0. The summed E-state index contributed by atoms with van der Waals surface area (Å²) in [5.41, 5.74) is 0.224. The van der Waals surface area contributed by atoms with Gasteiger partial charge in [-0.05, 0) is 63.2 Å². The van der Waals surface area contributed by atoms with Crippen molar-refractivity contribution >= 4 is 57.0 Å². The lowest BCUT2D eigenvalue weighted by molar-refractivity contribution is -0.137. The third kappa shape index (κ3) is 9.01. The predicted octanol–water partition coefficient (Wildman–Crippen LogP) is 6.90. The number of nitrogens with zero attached hydrogens (tertiary/aromatic N) is 8. The van der Waals surface area contributed by atoms with E-state index in [0.29, 0.717) is 38.9 Å². The molecular weight excluding hydrogens is 763 g/mol. The molecule has 56 heavy (non-hydrogen) atoms. The number of halogens is 6. The summed E-state index contributed by atoms with van der Waals surface area (Å²) in [5, 5.41) is 23.5. The Balaban J connectivity index is 0.000000194. The van der Waals surface area contributed by atoms with Crippen LogP contribution in [-0.4, -0.2) is 108 Å². The number of likely N-dealkylation sites (tertiary alicyclic amines) is 2. The van der Waals surface area contributed by atoms with E-state index in [1.807, 2.05) is 0 Å². The summed E-state index contributed by atoms with van der Waals surface area (Å²) >= 11 is 5.99. The van der Waals surface area contributed by atoms with E-state index >= 15 is 0 Å². The van der Waals surface area contributed by atoms with E-state index in [2.05, 4.69) is 47.6 Å². The van der Waals surface area contributed by atoms with Crippen LogP contribution in [0.4, 0.5) is 38.4 Å². The highest BCUT2D eigenvalue weighted by Crippen LogP contribution is 2.34. The van der Waals surface area contributed by atoms with E-state index in [4.69, 9.17) is 16.3 Å². The molecule has 2 amide bonds. The Kier molecular flexibility index (Phi) is 11.5. The Morgan fingerprint density at radius 2 is 1.34 bits per heavy atom. The van der Waals surface area contributed by atoms with Crippen molar-refractivity contribution in [3.8, 4) is 11.3 Å². The van der Waals surface area contributed by atoms with E-state index in [0.717, 1.165) is 18.2 Å². The minimum atomic E-state index is -4.44. The fraction of sp³-hybridized carbons (Fsp3) is 0.351. The Labute approximate surface area is 322 Å². The fourth-order valence-electron chi connectivity index (χ4n) is 6.10. The van der Waals surface area contributed by atoms with Crippen molar-refractivity contribution in [1.29, 1.82) is 0 Å². The Morgan fingerprint density at radius 3 is 1.91 bits per heavy atom. The highest BCUT2D eigenvalue weighted by molar-refractivity contribution is 6.34. The Hall–Kier alpha value is -5.78. The number of hydrogen-bond acceptors (Lipinski definition) is 11. The van der Waals surface area contributed by atoms with Crippen LogP contribution in [-0.2, 0) is 15.7 Å². The van der Waals surface area contributed by atoms with E-state index in [1.54, 1.807) is 51.2 Å². The van der Waals surface area contributed by atoms with Gasteiger partial charge in [0.15, 0.2) is 16.8 Å². The second kappa shape index (κ2) is 16.1. The molecule has 4 aromatic heterocycles. The maximum atomic E-state index is 14.5. The lowest BCUT2D eigenvalue weighted by Crippen LogP contribution is -2.36. The van der Waals surface area contributed by atoms with Crippen molar-refractivity contribution in [2.24, 2.45) is 0 Å². The molecule has 0 radical (unpaired) electrons. The number of carbonyl (C=O) groups excluding carboxylic acids is 2. The van der Waals surface area contributed by atoms with Gasteiger partial charge in [0.2, 0.25) is 5.91 Å². The molecule has 0 spiro atoms. The Bertz CT molecular complexity index is 2240. The molecule has 2 aliphatic rings. The third-order valence-electron chi connectivity index (χ3n) is 8.80. The third-order valence-corrected chi connectivity index (χ3v) is 9.05. The summed E-state index contributed by atoms with van der Waals surface area (Å²) in [6.45, 7) is 8.93. The number of benzene rings is 1. The second-order valence-corrected chi connectivity index (χ2v) is 14.3. The number of anilines is 2. The van der Waals surface area contributed by atoms with Gasteiger partial charge < -0.3 is 25.2 Å². The number of carbonyl (C=O) groups is 2. The first-order valence-corrected chi connectivity index (χ1v) is 17.7. The van der Waals surface area contributed by atoms with Gasteiger partial charge in [-0.3, -0.25) is 14.8 Å². The van der Waals surface area contributed by atoms with Crippen molar-refractivity contribution in [3.05, 3.63) is 84.3 Å². The molecule has 13 nitrogen and oxygen atoms in total. The van der Waals surface area contributed by atoms with Gasteiger partial charge in [0.1, 0.15) is 34.7 Å². The fourth-order valence-corrected chi connectivity index (χ4v) is 6.29. The van der Waals surface area contributed by atoms with Crippen molar-refractivity contribution in [3.63, 3.8) is 0 Å². The maximum Gasteiger partial charge on any atom is 0.416 e. The molecule has 2 fully saturated rings. The molecule has 19 heteroatoms. The highest BCUT2D eigenvalue weighted by atomic mass is 35.5. The van der Waals surface area contributed by atoms with Gasteiger partial charge in [0.05, 0.1) is 30.7 Å². The van der Waals surface area contributed by atoms with E-state index in [9.17, 15) is 31.5 Å². The van der Waals surface area contributed by atoms with Gasteiger partial charge in [-0.1, -0.05) is 30.3 Å². The summed E-state index contributed by atoms with van der Waals surface area (Å²) in [6, 6.07) is 10.1. The quantitative estimate of drug-likeness (QED) is 0.136. The Morgan fingerprint density at radius 1 is 0.804 bits per heavy atom. The van der Waals surface area contributed by atoms with Crippen molar-refractivity contribution in [2.45, 2.75) is 57.0 Å². The zero-order valence-corrected chi connectivity index (χ0v) is 31.0. The first kappa shape index (κ1) is 39.9. The zero-order chi connectivity index (χ0) is 40.4. The molecule has 5 aromatic rings. The zero-order valence-electron chi connectivity index (χ0n) is 30.3. The molecule has 7 rings (SSSR count). The predicted molar refractivity (Wildman–Crippen MR) is 199 cm³/mol. The number of fused-ring (bicyclic) bond motifs is 2. The molecule has 0 saturated carbocycles. The summed E-state index contributed by atoms with van der Waals surface area (Å²) in [4.78, 5) is 35.0. The minimum Gasteiger partial charge on any atom is -0.444 e. The molecule has 294 valence electrons. The largest absolute Gasteiger partial charge is 0.444 e. The molecule has 4 atom stereocenters. The minimum absolute atomic E-state index is 0.0379. The average molecular weight is 799 g/mol. The first-order valence-electron chi connectivity index (χ1n) is 17.3. The van der Waals surface area contributed by atoms with Crippen molar-refractivity contribution in [1.82, 2.24) is 40.2 Å². The van der Waals surface area contributed by atoms with Crippen LogP contribution in [0, 0.1) is 0 Å². The lowest BCUT2D eigenvalue weighted by atomic mass is 10.1. The molecule has 0 bridgehead atoms. The summed E-state index contributed by atoms with van der Waals surface area (Å²) in [6.07, 6.45) is -3.29. The molecule has 0 aliphatic carbocycles. The molecule has 0 unspecified atom stereocenters. The van der Waals surface area contributed by atoms with Gasteiger partial charge in [0, 0.05) is 41.8 Å². The number of ether oxygens (including phenoxy) is 1. The smallest absolute Gasteiger partial charge is 0.416 e. The van der Waals surface area contributed by atoms with Crippen LogP contribution in [0.1, 0.15) is 26.3 Å². The number of aromatic nitrogens is 6. The van der Waals surface area contributed by atoms with Gasteiger partial charge in [-0.25, -0.2) is 13.6 Å². The van der Waals surface area contributed by atoms with Crippen LogP contribution in [0.3, 0.4) is 0 Å². The maximum absolute atomic E-state index is 14.5. The van der Waals surface area contributed by atoms with E-state index in [-0.39, 0.29) is 43.1 Å². The van der Waals surface area contributed by atoms with Crippen LogP contribution in [0.15, 0.2) is 73.6 Å². The molecular formula is C37H36ClF5N10O3. The van der Waals surface area contributed by atoms with Gasteiger partial charge >= 0.3 is 12.3 Å². The number of nitrogens with one attached hydrogen (secondary N) is 2. The van der Waals surface area contributed by atoms with Gasteiger partial charge in [0.25, 0.3) is 0 Å². The standard InChI is InChI=1S/C21H17F4N5O.C16H19ClFN5O2/c1-2-17(31)30-10-15(22)16(11-30)27-20-14-4-3-9-26-19(14)18(28-29-20)12-5-7-13(8-6-12)21(23,24)25;1-16(2,3)25-15(24)23-7-10(18)11(8-23)20-14-9-5-4-6-19-12(9)13(17)21-22-14/h2-9,15-16H,1,10-11H2,(H,27,29);4-6,10-11H,7-8H2,1-3H3,(H,20,22)/t15-,16+;10-,11+/m00/s1. The van der Waals surface area contributed by atoms with Crippen LogP contribution < -0.4 is 10.6 Å². The van der Waals surface area contributed by atoms with Crippen LogP contribution in [0.2, 0.25) is 5.15 Å². The van der Waals surface area contributed by atoms with Crippen LogP contribution >= 0.6 is 11.6 Å². The molecule has 2 N–H and O–H groups in total. The van der Waals surface area contributed by atoms with Crippen molar-refractivity contribution < 1.29 is 36.3 Å². The van der Waals surface area contributed by atoms with Gasteiger partial charge in [-0.2, -0.15) is 13.2 Å². The monoisotopic (exact) mass is 798 g/mol. The molecule has 1 aromatic carbocycles. The first-order chi connectivity index (χ1) is 26.5. The molecule has 2 aliphatic heterocycles. The summed E-state index contributed by atoms with van der Waals surface area (Å²) in [7, 11) is 0. The number of hydrogen-bond donors (Lipinski definition) is 2. The normalized spacial score (nSPS) is 19.7. The molecule has 2 saturated heterocycles. The number of amides is 2. The molecule has 6 heterocycles. The van der Waals surface area contributed by atoms with Gasteiger partial charge in [-0.15, -0.1) is 20.4 Å². The highest BCUT2D eigenvalue weighted by Gasteiger charge is 2.38.